The van der Waals surface area contributed by atoms with Crippen molar-refractivity contribution in [3.63, 3.8) is 0 Å². The Kier molecular flexibility index (Phi) is 5.31. The maximum Gasteiger partial charge on any atom is 0.336 e. The van der Waals surface area contributed by atoms with E-state index in [4.69, 9.17) is 0 Å². The number of phenols is 1. The van der Waals surface area contributed by atoms with Gasteiger partial charge in [0.05, 0.1) is 5.57 Å². The van der Waals surface area contributed by atoms with E-state index in [0.717, 1.165) is 33.0 Å². The molecule has 138 valence electrons. The lowest BCUT2D eigenvalue weighted by molar-refractivity contribution is -0.130. The molecule has 0 amide bonds. The fraction of sp³-hybridized carbons (Fsp3) is 0.208. The van der Waals surface area contributed by atoms with Crippen LogP contribution in [0, 0.1) is 0 Å². The van der Waals surface area contributed by atoms with Gasteiger partial charge in [-0.2, -0.15) is 0 Å². The van der Waals surface area contributed by atoms with E-state index in [9.17, 15) is 15.0 Å². The molecule has 0 heterocycles. The van der Waals surface area contributed by atoms with Crippen LogP contribution in [0.15, 0.2) is 60.2 Å². The fourth-order valence-electron chi connectivity index (χ4n) is 3.62. The van der Waals surface area contributed by atoms with Crippen LogP contribution in [-0.4, -0.2) is 16.2 Å². The molecule has 0 aromatic heterocycles. The lowest BCUT2D eigenvalue weighted by Crippen LogP contribution is -2.04. The summed E-state index contributed by atoms with van der Waals surface area (Å²) in [6.07, 6.45) is 1.31. The molecule has 2 N–H and O–H groups in total. The van der Waals surface area contributed by atoms with Crippen LogP contribution >= 0.6 is 0 Å². The van der Waals surface area contributed by atoms with Crippen molar-refractivity contribution >= 4 is 22.3 Å². The molecule has 0 fully saturated rings. The summed E-state index contributed by atoms with van der Waals surface area (Å²) in [6.45, 7) is 5.58. The number of rotatable bonds is 5. The Labute approximate surface area is 159 Å². The van der Waals surface area contributed by atoms with Crippen molar-refractivity contribution in [1.82, 2.24) is 0 Å². The van der Waals surface area contributed by atoms with Gasteiger partial charge in [-0.15, -0.1) is 0 Å². The van der Waals surface area contributed by atoms with Crippen molar-refractivity contribution in [1.29, 1.82) is 0 Å². The zero-order chi connectivity index (χ0) is 19.6. The predicted molar refractivity (Wildman–Crippen MR) is 110 cm³/mol. The molecule has 0 aliphatic rings. The number of aromatic hydroxyl groups is 1. The summed E-state index contributed by atoms with van der Waals surface area (Å²) in [4.78, 5) is 11.9. The number of carbonyl (C=O) groups is 1. The van der Waals surface area contributed by atoms with E-state index in [-0.39, 0.29) is 5.75 Å². The van der Waals surface area contributed by atoms with E-state index in [0.29, 0.717) is 24.0 Å². The van der Waals surface area contributed by atoms with Gasteiger partial charge in [-0.05, 0) is 60.4 Å². The summed E-state index contributed by atoms with van der Waals surface area (Å²) in [5, 5.41) is 22.2. The van der Waals surface area contributed by atoms with E-state index in [1.807, 2.05) is 63.2 Å². The van der Waals surface area contributed by atoms with Crippen LogP contribution < -0.4 is 0 Å². The molecule has 0 saturated carbocycles. The average molecular weight is 360 g/mol. The molecule has 0 spiro atoms. The SMILES string of the molecule is CCc1cc(C(C(=O)O)=C(C)C)c2cccc(Cc3ccccc3)c2c1O. The van der Waals surface area contributed by atoms with Gasteiger partial charge in [0.25, 0.3) is 0 Å². The van der Waals surface area contributed by atoms with E-state index in [1.165, 1.54) is 0 Å². The highest BCUT2D eigenvalue weighted by molar-refractivity contribution is 6.21. The number of hydrogen-bond donors (Lipinski definition) is 2. The summed E-state index contributed by atoms with van der Waals surface area (Å²) in [6, 6.07) is 17.7. The Balaban J connectivity index is 2.34. The van der Waals surface area contributed by atoms with Gasteiger partial charge in [-0.25, -0.2) is 4.79 Å². The van der Waals surface area contributed by atoms with Crippen molar-refractivity contribution < 1.29 is 15.0 Å². The standard InChI is InChI=1S/C24H24O3/c1-4-17-14-20(21(15(2)3)24(26)27)19-12-8-11-18(22(19)23(17)25)13-16-9-6-5-7-10-16/h5-12,14,25H,4,13H2,1-3H3,(H,26,27). The minimum Gasteiger partial charge on any atom is -0.507 e. The van der Waals surface area contributed by atoms with Gasteiger partial charge in [0, 0.05) is 5.39 Å². The number of allylic oxidation sites excluding steroid dienone is 1. The van der Waals surface area contributed by atoms with Crippen molar-refractivity contribution in [3.05, 3.63) is 82.4 Å². The molecule has 0 bridgehead atoms. The first kappa shape index (κ1) is 18.7. The Morgan fingerprint density at radius 3 is 2.26 bits per heavy atom. The number of aliphatic carboxylic acids is 1. The van der Waals surface area contributed by atoms with Crippen LogP contribution in [-0.2, 0) is 17.6 Å². The second-order valence-electron chi connectivity index (χ2n) is 6.97. The summed E-state index contributed by atoms with van der Waals surface area (Å²) >= 11 is 0. The fourth-order valence-corrected chi connectivity index (χ4v) is 3.62. The highest BCUT2D eigenvalue weighted by Gasteiger charge is 2.20. The zero-order valence-electron chi connectivity index (χ0n) is 15.9. The van der Waals surface area contributed by atoms with E-state index in [2.05, 4.69) is 12.1 Å². The van der Waals surface area contributed by atoms with Crippen LogP contribution in [0.25, 0.3) is 16.3 Å². The first-order valence-electron chi connectivity index (χ1n) is 9.15. The maximum absolute atomic E-state index is 11.9. The molecule has 3 nitrogen and oxygen atoms in total. The summed E-state index contributed by atoms with van der Waals surface area (Å²) in [5.74, 6) is -0.696. The molecule has 0 aliphatic carbocycles. The van der Waals surface area contributed by atoms with Crippen molar-refractivity contribution in [2.75, 3.05) is 0 Å². The van der Waals surface area contributed by atoms with Gasteiger partial charge >= 0.3 is 5.97 Å². The molecule has 3 heteroatoms. The Morgan fingerprint density at radius 1 is 0.963 bits per heavy atom. The number of carboxylic acids is 1. The number of fused-ring (bicyclic) bond motifs is 1. The second-order valence-corrected chi connectivity index (χ2v) is 6.97. The van der Waals surface area contributed by atoms with Crippen molar-refractivity contribution in [3.8, 4) is 5.75 Å². The molecule has 3 rings (SSSR count). The monoisotopic (exact) mass is 360 g/mol. The van der Waals surface area contributed by atoms with Gasteiger partial charge < -0.3 is 10.2 Å². The zero-order valence-corrected chi connectivity index (χ0v) is 15.9. The molecule has 0 atom stereocenters. The molecule has 0 aliphatic heterocycles. The highest BCUT2D eigenvalue weighted by Crippen LogP contribution is 2.38. The molecular formula is C24H24O3. The minimum atomic E-state index is -0.947. The number of phenolic OH excluding ortho intramolecular Hbond substituents is 1. The van der Waals surface area contributed by atoms with Gasteiger partial charge in [0.15, 0.2) is 0 Å². The van der Waals surface area contributed by atoms with Crippen LogP contribution in [0.4, 0.5) is 0 Å². The number of hydrogen-bond acceptors (Lipinski definition) is 2. The van der Waals surface area contributed by atoms with Crippen LogP contribution in [0.5, 0.6) is 5.75 Å². The van der Waals surface area contributed by atoms with E-state index in [1.54, 1.807) is 0 Å². The number of carboxylic acid groups (broad SMARTS) is 1. The summed E-state index contributed by atoms with van der Waals surface area (Å²) in [5.41, 5.74) is 4.61. The molecule has 3 aromatic carbocycles. The quantitative estimate of drug-likeness (QED) is 0.584. The first-order chi connectivity index (χ1) is 12.9. The van der Waals surface area contributed by atoms with Gasteiger partial charge in [0.2, 0.25) is 0 Å². The third kappa shape index (κ3) is 3.59. The largest absolute Gasteiger partial charge is 0.507 e. The summed E-state index contributed by atoms with van der Waals surface area (Å²) < 4.78 is 0. The smallest absolute Gasteiger partial charge is 0.336 e. The molecule has 3 aromatic rings. The molecule has 0 unspecified atom stereocenters. The lowest BCUT2D eigenvalue weighted by atomic mass is 9.88. The van der Waals surface area contributed by atoms with Gasteiger partial charge in [0.1, 0.15) is 5.75 Å². The highest BCUT2D eigenvalue weighted by atomic mass is 16.4. The van der Waals surface area contributed by atoms with Gasteiger partial charge in [-0.3, -0.25) is 0 Å². The second kappa shape index (κ2) is 7.67. The van der Waals surface area contributed by atoms with E-state index < -0.39 is 5.97 Å². The minimum absolute atomic E-state index is 0.251. The Bertz CT molecular complexity index is 1030. The lowest BCUT2D eigenvalue weighted by Gasteiger charge is -2.17. The van der Waals surface area contributed by atoms with E-state index >= 15 is 0 Å². The molecule has 27 heavy (non-hydrogen) atoms. The third-order valence-corrected chi connectivity index (χ3v) is 4.90. The topological polar surface area (TPSA) is 57.5 Å². The summed E-state index contributed by atoms with van der Waals surface area (Å²) in [7, 11) is 0. The molecular weight excluding hydrogens is 336 g/mol. The predicted octanol–water partition coefficient (Wildman–Crippen LogP) is 5.58. The number of benzene rings is 3. The van der Waals surface area contributed by atoms with Crippen molar-refractivity contribution in [2.24, 2.45) is 0 Å². The number of aryl methyl sites for hydroxylation is 1. The third-order valence-electron chi connectivity index (χ3n) is 4.90. The normalized spacial score (nSPS) is 10.8. The Hall–Kier alpha value is -3.07. The first-order valence-corrected chi connectivity index (χ1v) is 9.15. The van der Waals surface area contributed by atoms with Crippen LogP contribution in [0.1, 0.15) is 43.0 Å². The average Bonchev–Trinajstić information content (AvgIpc) is 2.64. The maximum atomic E-state index is 11.9. The Morgan fingerprint density at radius 2 is 1.67 bits per heavy atom. The van der Waals surface area contributed by atoms with Crippen LogP contribution in [0.2, 0.25) is 0 Å². The van der Waals surface area contributed by atoms with Gasteiger partial charge in [-0.1, -0.05) is 61.0 Å². The molecule has 0 radical (unpaired) electrons. The molecule has 0 saturated heterocycles. The van der Waals surface area contributed by atoms with Crippen molar-refractivity contribution in [2.45, 2.75) is 33.6 Å². The van der Waals surface area contributed by atoms with Crippen LogP contribution in [0.3, 0.4) is 0 Å².